The van der Waals surface area contributed by atoms with Gasteiger partial charge in [0, 0.05) is 50.6 Å². The van der Waals surface area contributed by atoms with Crippen LogP contribution < -0.4 is 4.90 Å². The van der Waals surface area contributed by atoms with Gasteiger partial charge in [0.1, 0.15) is 5.69 Å². The fraction of sp³-hybridized carbons (Fsp3) is 0.636. The number of amides is 1. The van der Waals surface area contributed by atoms with E-state index < -0.39 is 0 Å². The van der Waals surface area contributed by atoms with Gasteiger partial charge in [-0.05, 0) is 93.2 Å². The number of unbranched alkanes of at least 4 members (excludes halogenated alkanes) is 2. The van der Waals surface area contributed by atoms with E-state index in [1.165, 1.54) is 61.8 Å². The Morgan fingerprint density at radius 1 is 0.947 bits per heavy atom. The summed E-state index contributed by atoms with van der Waals surface area (Å²) in [6.07, 6.45) is 13.8. The molecule has 5 heteroatoms. The Labute approximate surface area is 231 Å². The largest absolute Gasteiger partial charge is 0.372 e. The third kappa shape index (κ3) is 8.30. The first-order chi connectivity index (χ1) is 18.5. The van der Waals surface area contributed by atoms with Gasteiger partial charge in [-0.15, -0.1) is 0 Å². The zero-order valence-corrected chi connectivity index (χ0v) is 24.2. The van der Waals surface area contributed by atoms with Gasteiger partial charge in [0.25, 0.3) is 5.91 Å². The highest BCUT2D eigenvalue weighted by Gasteiger charge is 2.29. The van der Waals surface area contributed by atoms with Crippen molar-refractivity contribution in [2.45, 2.75) is 97.6 Å². The number of benzene rings is 1. The van der Waals surface area contributed by atoms with Crippen molar-refractivity contribution in [2.24, 2.45) is 5.92 Å². The molecule has 38 heavy (non-hydrogen) atoms. The molecule has 2 aromatic rings. The number of carbonyl (C=O) groups excluding carboxylic acids is 1. The van der Waals surface area contributed by atoms with E-state index in [4.69, 9.17) is 0 Å². The van der Waals surface area contributed by atoms with Crippen LogP contribution in [0.1, 0.15) is 100 Å². The van der Waals surface area contributed by atoms with E-state index in [0.717, 1.165) is 57.9 Å². The zero-order chi connectivity index (χ0) is 26.7. The highest BCUT2D eigenvalue weighted by molar-refractivity contribution is 5.92. The molecular weight excluding hydrogens is 468 g/mol. The second kappa shape index (κ2) is 14.7. The molecule has 1 amide bonds. The molecule has 0 aliphatic carbocycles. The smallest absolute Gasteiger partial charge is 0.272 e. The van der Waals surface area contributed by atoms with Crippen LogP contribution in [0, 0.1) is 5.92 Å². The van der Waals surface area contributed by atoms with E-state index in [1.54, 1.807) is 0 Å². The quantitative estimate of drug-likeness (QED) is 0.285. The maximum absolute atomic E-state index is 13.9. The number of anilines is 1. The standard InChI is InChI=1S/C33H50N4O/c1-4-5-7-10-28-13-16-32(34-25-28)33(38)37(31-18-23-35(24-19-31)22-17-27(2)3)26-29-11-14-30(15-12-29)36-20-8-6-9-21-36/h11-16,25,27,31H,4-10,17-24,26H2,1-3H3. The summed E-state index contributed by atoms with van der Waals surface area (Å²) in [6, 6.07) is 13.3. The number of aryl methyl sites for hydroxylation is 1. The highest BCUT2D eigenvalue weighted by Crippen LogP contribution is 2.25. The van der Waals surface area contributed by atoms with Crippen LogP contribution >= 0.6 is 0 Å². The Morgan fingerprint density at radius 2 is 1.66 bits per heavy atom. The van der Waals surface area contributed by atoms with Gasteiger partial charge in [-0.3, -0.25) is 9.78 Å². The molecule has 2 aliphatic heterocycles. The first-order valence-electron chi connectivity index (χ1n) is 15.4. The Bertz CT molecular complexity index is 957. The van der Waals surface area contributed by atoms with E-state index in [9.17, 15) is 4.79 Å². The van der Waals surface area contributed by atoms with E-state index in [1.807, 2.05) is 12.3 Å². The Morgan fingerprint density at radius 3 is 2.29 bits per heavy atom. The van der Waals surface area contributed by atoms with Crippen molar-refractivity contribution >= 4 is 11.6 Å². The minimum atomic E-state index is 0.0749. The van der Waals surface area contributed by atoms with Crippen LogP contribution in [0.5, 0.6) is 0 Å². The number of pyridine rings is 1. The molecule has 0 spiro atoms. The summed E-state index contributed by atoms with van der Waals surface area (Å²) in [4.78, 5) is 25.7. The predicted octanol–water partition coefficient (Wildman–Crippen LogP) is 6.96. The summed E-state index contributed by atoms with van der Waals surface area (Å²) in [6.45, 7) is 13.1. The van der Waals surface area contributed by atoms with Crippen LogP contribution in [0.4, 0.5) is 5.69 Å². The molecule has 2 saturated heterocycles. The van der Waals surface area contributed by atoms with Crippen molar-refractivity contribution in [3.63, 3.8) is 0 Å². The highest BCUT2D eigenvalue weighted by atomic mass is 16.2. The molecule has 4 rings (SSSR count). The average Bonchev–Trinajstić information content (AvgIpc) is 2.96. The van der Waals surface area contributed by atoms with Gasteiger partial charge in [0.15, 0.2) is 0 Å². The van der Waals surface area contributed by atoms with Crippen molar-refractivity contribution < 1.29 is 4.79 Å². The molecule has 1 aromatic carbocycles. The topological polar surface area (TPSA) is 39.7 Å². The Hall–Kier alpha value is -2.40. The summed E-state index contributed by atoms with van der Waals surface area (Å²) in [7, 11) is 0. The van der Waals surface area contributed by atoms with Crippen molar-refractivity contribution in [2.75, 3.05) is 37.6 Å². The number of hydrogen-bond donors (Lipinski definition) is 0. The average molecular weight is 519 g/mol. The van der Waals surface area contributed by atoms with E-state index in [-0.39, 0.29) is 11.9 Å². The van der Waals surface area contributed by atoms with Gasteiger partial charge in [-0.1, -0.05) is 51.8 Å². The molecule has 0 saturated carbocycles. The lowest BCUT2D eigenvalue weighted by atomic mass is 10.00. The van der Waals surface area contributed by atoms with Crippen LogP contribution in [-0.2, 0) is 13.0 Å². The normalized spacial score (nSPS) is 17.2. The predicted molar refractivity (Wildman–Crippen MR) is 159 cm³/mol. The molecule has 0 N–H and O–H groups in total. The SMILES string of the molecule is CCCCCc1ccc(C(=O)N(Cc2ccc(N3CCCCC3)cc2)C2CCN(CCC(C)C)CC2)nc1. The van der Waals surface area contributed by atoms with Crippen molar-refractivity contribution in [3.8, 4) is 0 Å². The fourth-order valence-electron chi connectivity index (χ4n) is 5.85. The Kier molecular flexibility index (Phi) is 11.0. The number of hydrogen-bond acceptors (Lipinski definition) is 4. The maximum atomic E-state index is 13.9. The molecule has 2 aliphatic rings. The van der Waals surface area contributed by atoms with Gasteiger partial charge < -0.3 is 14.7 Å². The Balaban J connectivity index is 1.45. The van der Waals surface area contributed by atoms with Crippen molar-refractivity contribution in [3.05, 3.63) is 59.4 Å². The van der Waals surface area contributed by atoms with Crippen LogP contribution in [0.25, 0.3) is 0 Å². The second-order valence-corrected chi connectivity index (χ2v) is 11.9. The van der Waals surface area contributed by atoms with Gasteiger partial charge >= 0.3 is 0 Å². The van der Waals surface area contributed by atoms with Gasteiger partial charge in [-0.2, -0.15) is 0 Å². The van der Waals surface area contributed by atoms with Crippen LogP contribution in [0.15, 0.2) is 42.6 Å². The lowest BCUT2D eigenvalue weighted by molar-refractivity contribution is 0.0540. The molecule has 3 heterocycles. The van der Waals surface area contributed by atoms with E-state index >= 15 is 0 Å². The number of likely N-dealkylation sites (tertiary alicyclic amines) is 1. The second-order valence-electron chi connectivity index (χ2n) is 11.9. The number of carbonyl (C=O) groups is 1. The minimum Gasteiger partial charge on any atom is -0.372 e. The third-order valence-electron chi connectivity index (χ3n) is 8.40. The molecule has 0 unspecified atom stereocenters. The summed E-state index contributed by atoms with van der Waals surface area (Å²) >= 11 is 0. The maximum Gasteiger partial charge on any atom is 0.272 e. The lowest BCUT2D eigenvalue weighted by Gasteiger charge is -2.39. The first kappa shape index (κ1) is 28.6. The summed E-state index contributed by atoms with van der Waals surface area (Å²) in [5.74, 6) is 0.806. The minimum absolute atomic E-state index is 0.0749. The van der Waals surface area contributed by atoms with Gasteiger partial charge in [0.05, 0.1) is 0 Å². The lowest BCUT2D eigenvalue weighted by Crippen LogP contribution is -2.47. The number of rotatable bonds is 12. The fourth-order valence-corrected chi connectivity index (χ4v) is 5.85. The first-order valence-corrected chi connectivity index (χ1v) is 15.4. The van der Waals surface area contributed by atoms with Crippen LogP contribution in [0.2, 0.25) is 0 Å². The number of piperidine rings is 2. The van der Waals surface area contributed by atoms with Crippen LogP contribution in [-0.4, -0.2) is 59.5 Å². The van der Waals surface area contributed by atoms with Gasteiger partial charge in [0.2, 0.25) is 0 Å². The van der Waals surface area contributed by atoms with E-state index in [0.29, 0.717) is 12.2 Å². The van der Waals surface area contributed by atoms with E-state index in [2.05, 4.69) is 70.8 Å². The molecule has 0 radical (unpaired) electrons. The molecule has 1 aromatic heterocycles. The van der Waals surface area contributed by atoms with Crippen LogP contribution in [0.3, 0.4) is 0 Å². The van der Waals surface area contributed by atoms with Crippen molar-refractivity contribution in [1.82, 2.24) is 14.8 Å². The number of nitrogens with zero attached hydrogens (tertiary/aromatic N) is 4. The molecule has 5 nitrogen and oxygen atoms in total. The molecule has 2 fully saturated rings. The zero-order valence-electron chi connectivity index (χ0n) is 24.2. The summed E-state index contributed by atoms with van der Waals surface area (Å²) in [5.41, 5.74) is 4.33. The molecular formula is C33H50N4O. The van der Waals surface area contributed by atoms with Gasteiger partial charge in [-0.25, -0.2) is 0 Å². The number of aromatic nitrogens is 1. The molecule has 208 valence electrons. The third-order valence-corrected chi connectivity index (χ3v) is 8.40. The van der Waals surface area contributed by atoms with Crippen molar-refractivity contribution in [1.29, 1.82) is 0 Å². The molecule has 0 atom stereocenters. The summed E-state index contributed by atoms with van der Waals surface area (Å²) < 4.78 is 0. The summed E-state index contributed by atoms with van der Waals surface area (Å²) in [5, 5.41) is 0. The monoisotopic (exact) mass is 518 g/mol. The molecule has 0 bridgehead atoms.